The van der Waals surface area contributed by atoms with Crippen molar-refractivity contribution in [2.24, 2.45) is 0 Å². The summed E-state index contributed by atoms with van der Waals surface area (Å²) in [4.78, 5) is 7.40. The third kappa shape index (κ3) is 2.17. The van der Waals surface area contributed by atoms with Crippen molar-refractivity contribution in [3.63, 3.8) is 0 Å². The van der Waals surface area contributed by atoms with Crippen LogP contribution in [0, 0.1) is 0 Å². The van der Waals surface area contributed by atoms with Gasteiger partial charge in [0, 0.05) is 35.9 Å². The molecular weight excluding hydrogens is 308 g/mol. The van der Waals surface area contributed by atoms with Crippen molar-refractivity contribution in [1.82, 2.24) is 9.80 Å². The van der Waals surface area contributed by atoms with Crippen molar-refractivity contribution < 1.29 is 0 Å². The largest absolute Gasteiger partial charge is 0.350 e. The van der Waals surface area contributed by atoms with Crippen molar-refractivity contribution in [1.29, 1.82) is 0 Å². The summed E-state index contributed by atoms with van der Waals surface area (Å²) in [7, 11) is 2.05. The van der Waals surface area contributed by atoms with Gasteiger partial charge < -0.3 is 4.90 Å². The Morgan fingerprint density at radius 3 is 2.83 bits per heavy atom. The zero-order valence-corrected chi connectivity index (χ0v) is 13.0. The quantitative estimate of drug-likeness (QED) is 0.812. The lowest BCUT2D eigenvalue weighted by molar-refractivity contribution is 0.334. The lowest BCUT2D eigenvalue weighted by Gasteiger charge is -2.22. The normalized spacial score (nSPS) is 20.2. The van der Waals surface area contributed by atoms with Gasteiger partial charge in [-0.25, -0.2) is 0 Å². The molecule has 3 heterocycles. The molecular formula is C14H17BrN2S. The predicted molar refractivity (Wildman–Crippen MR) is 82.5 cm³/mol. The van der Waals surface area contributed by atoms with Gasteiger partial charge in [0.25, 0.3) is 0 Å². The van der Waals surface area contributed by atoms with Gasteiger partial charge in [0.2, 0.25) is 0 Å². The number of likely N-dealkylation sites (tertiary alicyclic amines) is 1. The molecule has 1 fully saturated rings. The molecule has 0 spiro atoms. The Morgan fingerprint density at radius 1 is 1.39 bits per heavy atom. The third-order valence-corrected chi connectivity index (χ3v) is 5.64. The fourth-order valence-electron chi connectivity index (χ4n) is 2.57. The molecule has 0 amide bonds. The molecule has 4 heteroatoms. The standard InChI is InChI=1S/C14H17BrN2S/c1-10-12-7-11(8-17-5-3-4-6-17)18-14(12)13(15)9-16(10)2/h7,9H,1,3-6,8H2,2H3. The van der Waals surface area contributed by atoms with Crippen molar-refractivity contribution in [3.8, 4) is 0 Å². The molecule has 2 aliphatic rings. The van der Waals surface area contributed by atoms with E-state index in [1.54, 1.807) is 0 Å². The summed E-state index contributed by atoms with van der Waals surface area (Å²) >= 11 is 5.55. The van der Waals surface area contributed by atoms with Gasteiger partial charge in [-0.05, 0) is 47.9 Å². The van der Waals surface area contributed by atoms with E-state index in [0.29, 0.717) is 0 Å². The van der Waals surface area contributed by atoms with E-state index in [9.17, 15) is 0 Å². The van der Waals surface area contributed by atoms with Crippen LogP contribution in [0.15, 0.2) is 18.8 Å². The van der Waals surface area contributed by atoms with Crippen LogP contribution >= 0.6 is 27.3 Å². The van der Waals surface area contributed by atoms with Crippen LogP contribution in [0.5, 0.6) is 0 Å². The topological polar surface area (TPSA) is 6.48 Å². The first kappa shape index (κ1) is 12.5. The second-order valence-corrected chi connectivity index (χ2v) is 6.96. The van der Waals surface area contributed by atoms with Gasteiger partial charge in [-0.15, -0.1) is 11.3 Å². The zero-order chi connectivity index (χ0) is 12.7. The molecule has 18 heavy (non-hydrogen) atoms. The van der Waals surface area contributed by atoms with Crippen molar-refractivity contribution in [2.45, 2.75) is 19.4 Å². The van der Waals surface area contributed by atoms with E-state index in [1.165, 1.54) is 45.7 Å². The van der Waals surface area contributed by atoms with E-state index in [4.69, 9.17) is 0 Å². The highest BCUT2D eigenvalue weighted by Gasteiger charge is 2.22. The number of hydrogen-bond acceptors (Lipinski definition) is 3. The number of nitrogens with zero attached hydrogens (tertiary/aromatic N) is 2. The Labute approximate surface area is 121 Å². The van der Waals surface area contributed by atoms with Gasteiger partial charge >= 0.3 is 0 Å². The fourth-order valence-corrected chi connectivity index (χ4v) is 4.46. The van der Waals surface area contributed by atoms with Crippen LogP contribution in [0.2, 0.25) is 0 Å². The highest BCUT2D eigenvalue weighted by atomic mass is 79.9. The van der Waals surface area contributed by atoms with Crippen molar-refractivity contribution >= 4 is 37.4 Å². The maximum absolute atomic E-state index is 4.17. The third-order valence-electron chi connectivity index (χ3n) is 3.62. The Hall–Kier alpha value is -0.580. The molecule has 2 nitrogen and oxygen atoms in total. The van der Waals surface area contributed by atoms with Crippen LogP contribution in [-0.4, -0.2) is 29.9 Å². The van der Waals surface area contributed by atoms with Crippen LogP contribution in [0.3, 0.4) is 0 Å². The summed E-state index contributed by atoms with van der Waals surface area (Å²) in [6.07, 6.45) is 4.80. The molecule has 0 atom stereocenters. The molecule has 0 N–H and O–H groups in total. The average molecular weight is 325 g/mol. The summed E-state index contributed by atoms with van der Waals surface area (Å²) in [5.41, 5.74) is 2.38. The lowest BCUT2D eigenvalue weighted by atomic mass is 10.1. The zero-order valence-electron chi connectivity index (χ0n) is 10.6. The summed E-state index contributed by atoms with van der Waals surface area (Å²) < 4.78 is 1.17. The number of thiophene rings is 1. The van der Waals surface area contributed by atoms with Gasteiger partial charge in [-0.2, -0.15) is 0 Å². The molecule has 2 aliphatic heterocycles. The minimum Gasteiger partial charge on any atom is -0.350 e. The Bertz CT molecular complexity index is 512. The maximum atomic E-state index is 4.17. The van der Waals surface area contributed by atoms with Crippen LogP contribution in [0.1, 0.15) is 28.2 Å². The molecule has 0 unspecified atom stereocenters. The Balaban J connectivity index is 1.87. The molecule has 96 valence electrons. The average Bonchev–Trinajstić information content (AvgIpc) is 2.96. The molecule has 0 radical (unpaired) electrons. The van der Waals surface area contributed by atoms with E-state index in [-0.39, 0.29) is 0 Å². The van der Waals surface area contributed by atoms with Gasteiger partial charge in [-0.3, -0.25) is 4.90 Å². The minimum atomic E-state index is 1.09. The summed E-state index contributed by atoms with van der Waals surface area (Å²) in [5.74, 6) is 0. The van der Waals surface area contributed by atoms with E-state index in [2.05, 4.69) is 44.6 Å². The second kappa shape index (κ2) is 4.83. The number of hydrogen-bond donors (Lipinski definition) is 0. The minimum absolute atomic E-state index is 1.09. The van der Waals surface area contributed by atoms with Crippen molar-refractivity contribution in [3.05, 3.63) is 34.2 Å². The lowest BCUT2D eigenvalue weighted by Crippen LogP contribution is -2.17. The van der Waals surface area contributed by atoms with E-state index in [1.807, 2.05) is 18.4 Å². The van der Waals surface area contributed by atoms with E-state index in [0.717, 1.165) is 12.2 Å². The number of rotatable bonds is 2. The Morgan fingerprint density at radius 2 is 2.11 bits per heavy atom. The molecule has 0 aliphatic carbocycles. The summed E-state index contributed by atoms with van der Waals surface area (Å²) in [6, 6.07) is 2.31. The van der Waals surface area contributed by atoms with Gasteiger partial charge in [0.05, 0.1) is 9.36 Å². The summed E-state index contributed by atoms with van der Waals surface area (Å²) in [5, 5.41) is 0. The number of fused-ring (bicyclic) bond motifs is 1. The Kier molecular flexibility index (Phi) is 3.34. The highest BCUT2D eigenvalue weighted by Crippen LogP contribution is 2.41. The molecule has 1 saturated heterocycles. The molecule has 0 saturated carbocycles. The SMILES string of the molecule is C=C1c2cc(CN3CCCC3)sc2C(Br)=CN1C. The maximum Gasteiger partial charge on any atom is 0.0523 e. The highest BCUT2D eigenvalue weighted by molar-refractivity contribution is 9.15. The summed E-state index contributed by atoms with van der Waals surface area (Å²) in [6.45, 7) is 7.76. The molecule has 1 aromatic heterocycles. The molecule has 0 bridgehead atoms. The smallest absolute Gasteiger partial charge is 0.0523 e. The monoisotopic (exact) mass is 324 g/mol. The van der Waals surface area contributed by atoms with E-state index >= 15 is 0 Å². The fraction of sp³-hybridized carbons (Fsp3) is 0.429. The molecule has 3 rings (SSSR count). The second-order valence-electron chi connectivity index (χ2n) is 4.97. The van der Waals surface area contributed by atoms with Crippen molar-refractivity contribution in [2.75, 3.05) is 20.1 Å². The first-order chi connectivity index (χ1) is 8.65. The predicted octanol–water partition coefficient (Wildman–Crippen LogP) is 3.95. The van der Waals surface area contributed by atoms with Gasteiger partial charge in [-0.1, -0.05) is 6.58 Å². The van der Waals surface area contributed by atoms with E-state index < -0.39 is 0 Å². The van der Waals surface area contributed by atoms with Crippen LogP contribution < -0.4 is 0 Å². The first-order valence-corrected chi connectivity index (χ1v) is 7.91. The molecule has 1 aromatic rings. The van der Waals surface area contributed by atoms with Crippen LogP contribution in [-0.2, 0) is 6.54 Å². The van der Waals surface area contributed by atoms with Gasteiger partial charge in [0.1, 0.15) is 0 Å². The number of halogens is 1. The van der Waals surface area contributed by atoms with Crippen LogP contribution in [0.25, 0.3) is 10.2 Å². The molecule has 0 aromatic carbocycles. The first-order valence-electron chi connectivity index (χ1n) is 6.30. The van der Waals surface area contributed by atoms with Gasteiger partial charge in [0.15, 0.2) is 0 Å². The van der Waals surface area contributed by atoms with Crippen LogP contribution in [0.4, 0.5) is 0 Å².